The molecule has 0 atom stereocenters. The van der Waals surface area contributed by atoms with Crippen molar-refractivity contribution < 1.29 is 4.74 Å². The van der Waals surface area contributed by atoms with E-state index in [1.807, 2.05) is 38.2 Å². The topological polar surface area (TPSA) is 47.0 Å². The molecule has 1 heterocycles. The van der Waals surface area contributed by atoms with Gasteiger partial charge < -0.3 is 10.1 Å². The van der Waals surface area contributed by atoms with Crippen LogP contribution in [0, 0.1) is 6.92 Å². The number of rotatable bonds is 4. The fraction of sp³-hybridized carbons (Fsp3) is 0.231. The monoisotopic (exact) mass is 229 g/mol. The van der Waals surface area contributed by atoms with Crippen molar-refractivity contribution in [3.8, 4) is 11.6 Å². The predicted octanol–water partition coefficient (Wildman–Crippen LogP) is 2.30. The first-order valence-electron chi connectivity index (χ1n) is 5.48. The number of ether oxygens (including phenoxy) is 1. The molecule has 1 N–H and O–H groups in total. The summed E-state index contributed by atoms with van der Waals surface area (Å²) < 4.78 is 5.57. The highest BCUT2D eigenvalue weighted by Gasteiger charge is 1.99. The number of hydrogen-bond acceptors (Lipinski definition) is 4. The molecule has 1 aromatic carbocycles. The van der Waals surface area contributed by atoms with E-state index in [0.29, 0.717) is 12.4 Å². The maximum Gasteiger partial charge on any atom is 0.237 e. The van der Waals surface area contributed by atoms with E-state index in [1.54, 1.807) is 12.4 Å². The zero-order valence-electron chi connectivity index (χ0n) is 9.97. The summed E-state index contributed by atoms with van der Waals surface area (Å²) in [6.07, 6.45) is 3.34. The molecule has 17 heavy (non-hydrogen) atoms. The zero-order valence-corrected chi connectivity index (χ0v) is 9.97. The first kappa shape index (κ1) is 11.5. The third-order valence-corrected chi connectivity index (χ3v) is 2.28. The lowest BCUT2D eigenvalue weighted by atomic mass is 10.2. The van der Waals surface area contributed by atoms with Crippen LogP contribution >= 0.6 is 0 Å². The van der Waals surface area contributed by atoms with Crippen LogP contribution in [0.2, 0.25) is 0 Å². The minimum Gasteiger partial charge on any atom is -0.438 e. The summed E-state index contributed by atoms with van der Waals surface area (Å²) in [5.41, 5.74) is 2.09. The molecule has 0 spiro atoms. The van der Waals surface area contributed by atoms with Gasteiger partial charge in [0.1, 0.15) is 5.75 Å². The van der Waals surface area contributed by atoms with Gasteiger partial charge in [0, 0.05) is 6.54 Å². The summed E-state index contributed by atoms with van der Waals surface area (Å²) in [6, 6.07) is 7.83. The molecule has 2 rings (SSSR count). The second-order valence-corrected chi connectivity index (χ2v) is 3.79. The highest BCUT2D eigenvalue weighted by Crippen LogP contribution is 2.18. The van der Waals surface area contributed by atoms with Crippen LogP contribution in [0.3, 0.4) is 0 Å². The van der Waals surface area contributed by atoms with E-state index in [9.17, 15) is 0 Å². The molecule has 0 saturated heterocycles. The Hall–Kier alpha value is -1.94. The number of nitrogens with one attached hydrogen (secondary N) is 1. The van der Waals surface area contributed by atoms with Crippen LogP contribution in [0.1, 0.15) is 11.3 Å². The lowest BCUT2D eigenvalue weighted by Crippen LogP contribution is -2.07. The second kappa shape index (κ2) is 5.41. The van der Waals surface area contributed by atoms with E-state index < -0.39 is 0 Å². The lowest BCUT2D eigenvalue weighted by molar-refractivity contribution is 0.459. The van der Waals surface area contributed by atoms with Crippen molar-refractivity contribution in [2.45, 2.75) is 13.5 Å². The van der Waals surface area contributed by atoms with Crippen LogP contribution in [-0.4, -0.2) is 17.0 Å². The molecule has 88 valence electrons. The smallest absolute Gasteiger partial charge is 0.237 e. The first-order valence-corrected chi connectivity index (χ1v) is 5.48. The summed E-state index contributed by atoms with van der Waals surface area (Å²) >= 11 is 0. The molecular formula is C13H15N3O. The fourth-order valence-electron chi connectivity index (χ4n) is 1.40. The molecule has 1 aromatic heterocycles. The van der Waals surface area contributed by atoms with Gasteiger partial charge in [0.05, 0.1) is 18.1 Å². The van der Waals surface area contributed by atoms with E-state index in [4.69, 9.17) is 4.74 Å². The summed E-state index contributed by atoms with van der Waals surface area (Å²) in [6.45, 7) is 2.74. The van der Waals surface area contributed by atoms with Gasteiger partial charge in [0.25, 0.3) is 0 Å². The summed E-state index contributed by atoms with van der Waals surface area (Å²) in [5.74, 6) is 1.28. The van der Waals surface area contributed by atoms with Crippen LogP contribution in [0.15, 0.2) is 36.7 Å². The van der Waals surface area contributed by atoms with Gasteiger partial charge in [-0.25, -0.2) is 4.98 Å². The molecule has 4 heteroatoms. The highest BCUT2D eigenvalue weighted by molar-refractivity contribution is 5.29. The van der Waals surface area contributed by atoms with Gasteiger partial charge in [-0.15, -0.1) is 0 Å². The Kier molecular flexibility index (Phi) is 3.67. The highest BCUT2D eigenvalue weighted by atomic mass is 16.5. The van der Waals surface area contributed by atoms with E-state index >= 15 is 0 Å². The van der Waals surface area contributed by atoms with E-state index in [0.717, 1.165) is 11.4 Å². The third-order valence-electron chi connectivity index (χ3n) is 2.28. The van der Waals surface area contributed by atoms with E-state index in [-0.39, 0.29) is 0 Å². The molecule has 0 fully saturated rings. The van der Waals surface area contributed by atoms with Gasteiger partial charge in [-0.3, -0.25) is 4.98 Å². The van der Waals surface area contributed by atoms with Crippen LogP contribution in [0.5, 0.6) is 11.6 Å². The maximum atomic E-state index is 5.57. The van der Waals surface area contributed by atoms with Crippen LogP contribution in [-0.2, 0) is 6.54 Å². The van der Waals surface area contributed by atoms with Crippen molar-refractivity contribution in [3.63, 3.8) is 0 Å². The molecule has 0 aliphatic heterocycles. The van der Waals surface area contributed by atoms with Gasteiger partial charge in [-0.05, 0) is 26.1 Å². The standard InChI is InChI=1S/C13H15N3O/c1-10-3-5-12(6-4-10)17-13-9-15-11(7-14-2)8-16-13/h3-6,8-9,14H,7H2,1-2H3. The Labute approximate surface area is 101 Å². The summed E-state index contributed by atoms with van der Waals surface area (Å²) in [4.78, 5) is 8.42. The Morgan fingerprint density at radius 1 is 1.12 bits per heavy atom. The van der Waals surface area contributed by atoms with E-state index in [1.165, 1.54) is 5.56 Å². The molecule has 0 aliphatic carbocycles. The minimum absolute atomic E-state index is 0.508. The Morgan fingerprint density at radius 3 is 2.47 bits per heavy atom. The minimum atomic E-state index is 0.508. The zero-order chi connectivity index (χ0) is 12.1. The van der Waals surface area contributed by atoms with Gasteiger partial charge in [-0.1, -0.05) is 17.7 Å². The van der Waals surface area contributed by atoms with Crippen LogP contribution < -0.4 is 10.1 Å². The number of nitrogens with zero attached hydrogens (tertiary/aromatic N) is 2. The number of benzene rings is 1. The van der Waals surface area contributed by atoms with E-state index in [2.05, 4.69) is 15.3 Å². The summed E-state index contributed by atoms with van der Waals surface area (Å²) in [7, 11) is 1.87. The molecule has 0 radical (unpaired) electrons. The van der Waals surface area contributed by atoms with Gasteiger partial charge in [-0.2, -0.15) is 0 Å². The quantitative estimate of drug-likeness (QED) is 0.873. The van der Waals surface area contributed by atoms with Crippen molar-refractivity contribution in [1.82, 2.24) is 15.3 Å². The molecule has 0 bridgehead atoms. The lowest BCUT2D eigenvalue weighted by Gasteiger charge is -2.05. The van der Waals surface area contributed by atoms with Crippen LogP contribution in [0.25, 0.3) is 0 Å². The van der Waals surface area contributed by atoms with Crippen molar-refractivity contribution in [1.29, 1.82) is 0 Å². The SMILES string of the molecule is CNCc1cnc(Oc2ccc(C)cc2)cn1. The van der Waals surface area contributed by atoms with Crippen molar-refractivity contribution in [3.05, 3.63) is 47.9 Å². The van der Waals surface area contributed by atoms with Crippen molar-refractivity contribution in [2.24, 2.45) is 0 Å². The average Bonchev–Trinajstić information content (AvgIpc) is 2.35. The van der Waals surface area contributed by atoms with Crippen molar-refractivity contribution in [2.75, 3.05) is 7.05 Å². The molecule has 0 unspecified atom stereocenters. The molecular weight excluding hydrogens is 214 g/mol. The normalized spacial score (nSPS) is 10.2. The Balaban J connectivity index is 2.05. The molecule has 4 nitrogen and oxygen atoms in total. The first-order chi connectivity index (χ1) is 8.28. The third kappa shape index (κ3) is 3.26. The molecule has 0 saturated carbocycles. The van der Waals surface area contributed by atoms with Gasteiger partial charge >= 0.3 is 0 Å². The average molecular weight is 229 g/mol. The van der Waals surface area contributed by atoms with Gasteiger partial charge in [0.15, 0.2) is 0 Å². The van der Waals surface area contributed by atoms with Crippen molar-refractivity contribution >= 4 is 0 Å². The Bertz CT molecular complexity index is 465. The number of aryl methyl sites for hydroxylation is 1. The maximum absolute atomic E-state index is 5.57. The predicted molar refractivity (Wildman–Crippen MR) is 66.0 cm³/mol. The Morgan fingerprint density at radius 2 is 1.88 bits per heavy atom. The number of aromatic nitrogens is 2. The molecule has 2 aromatic rings. The van der Waals surface area contributed by atoms with Crippen LogP contribution in [0.4, 0.5) is 0 Å². The molecule has 0 aliphatic rings. The number of hydrogen-bond donors (Lipinski definition) is 1. The van der Waals surface area contributed by atoms with Gasteiger partial charge in [0.2, 0.25) is 5.88 Å². The molecule has 0 amide bonds. The fourth-order valence-corrected chi connectivity index (χ4v) is 1.40. The summed E-state index contributed by atoms with van der Waals surface area (Å²) in [5, 5.41) is 3.02. The second-order valence-electron chi connectivity index (χ2n) is 3.79. The largest absolute Gasteiger partial charge is 0.438 e.